The number of aryl methyl sites for hydroxylation is 1. The van der Waals surface area contributed by atoms with Crippen molar-refractivity contribution in [1.82, 2.24) is 30.2 Å². The van der Waals surface area contributed by atoms with E-state index in [-0.39, 0.29) is 5.91 Å². The van der Waals surface area contributed by atoms with Crippen molar-refractivity contribution in [1.29, 1.82) is 0 Å². The van der Waals surface area contributed by atoms with E-state index in [4.69, 9.17) is 8.94 Å². The molecule has 28 heavy (non-hydrogen) atoms. The summed E-state index contributed by atoms with van der Waals surface area (Å²) in [4.78, 5) is 25.1. The molecule has 4 heterocycles. The number of carbonyl (C=O) groups excluding carboxylic acids is 1. The number of amides is 1. The highest BCUT2D eigenvalue weighted by Gasteiger charge is 2.26. The maximum Gasteiger partial charge on any atom is 0.244 e. The number of aromatic nitrogens is 5. The number of rotatable bonds is 6. The molecule has 0 atom stereocenters. The van der Waals surface area contributed by atoms with E-state index in [1.54, 1.807) is 18.6 Å². The lowest BCUT2D eigenvalue weighted by atomic mass is 9.96. The highest BCUT2D eigenvalue weighted by Crippen LogP contribution is 2.26. The second-order valence-corrected chi connectivity index (χ2v) is 7.09. The number of nitrogens with zero attached hydrogens (tertiary/aromatic N) is 6. The van der Waals surface area contributed by atoms with Crippen molar-refractivity contribution >= 4 is 11.9 Å². The summed E-state index contributed by atoms with van der Waals surface area (Å²) in [5, 5.41) is 11.1. The smallest absolute Gasteiger partial charge is 0.244 e. The number of hydrogen-bond donors (Lipinski definition) is 1. The van der Waals surface area contributed by atoms with E-state index in [0.29, 0.717) is 49.5 Å². The number of carbonyl (C=O) groups is 1. The van der Waals surface area contributed by atoms with Gasteiger partial charge in [0.1, 0.15) is 12.1 Å². The van der Waals surface area contributed by atoms with Crippen molar-refractivity contribution in [2.45, 2.75) is 31.6 Å². The number of aromatic amines is 1. The molecule has 0 unspecified atom stereocenters. The van der Waals surface area contributed by atoms with Crippen LogP contribution in [0.15, 0.2) is 27.5 Å². The van der Waals surface area contributed by atoms with E-state index in [2.05, 4.69) is 25.3 Å². The van der Waals surface area contributed by atoms with E-state index in [1.807, 2.05) is 23.9 Å². The standard InChI is InChI=1S/C18H23N7O3/c1-24(2)18-20-16(21-22-18)12-5-8-25(9-6-12)15(26)4-3-14-19-17(23-28-14)13-7-10-27-11-13/h7,10-12H,3-6,8-9H2,1-2H3,(H,20,21,22). The van der Waals surface area contributed by atoms with Gasteiger partial charge in [0.05, 0.1) is 11.8 Å². The Kier molecular flexibility index (Phi) is 5.09. The zero-order valence-electron chi connectivity index (χ0n) is 16.0. The molecule has 10 heteroatoms. The molecule has 1 saturated heterocycles. The minimum atomic E-state index is 0.105. The number of likely N-dealkylation sites (tertiary alicyclic amines) is 1. The molecule has 0 aromatic carbocycles. The Morgan fingerprint density at radius 3 is 2.82 bits per heavy atom. The van der Waals surface area contributed by atoms with Gasteiger partial charge < -0.3 is 18.7 Å². The topological polar surface area (TPSA) is 117 Å². The van der Waals surface area contributed by atoms with Crippen LogP contribution in [0.5, 0.6) is 0 Å². The van der Waals surface area contributed by atoms with Crippen molar-refractivity contribution in [3.05, 3.63) is 30.3 Å². The van der Waals surface area contributed by atoms with Gasteiger partial charge in [-0.2, -0.15) is 9.97 Å². The molecule has 0 bridgehead atoms. The minimum Gasteiger partial charge on any atom is -0.472 e. The third kappa shape index (κ3) is 3.90. The molecule has 10 nitrogen and oxygen atoms in total. The van der Waals surface area contributed by atoms with Crippen LogP contribution in [0.3, 0.4) is 0 Å². The molecule has 0 aliphatic carbocycles. The molecule has 3 aromatic rings. The lowest BCUT2D eigenvalue weighted by molar-refractivity contribution is -0.132. The fourth-order valence-corrected chi connectivity index (χ4v) is 3.29. The van der Waals surface area contributed by atoms with Gasteiger partial charge in [-0.25, -0.2) is 0 Å². The van der Waals surface area contributed by atoms with E-state index < -0.39 is 0 Å². The molecule has 0 spiro atoms. The van der Waals surface area contributed by atoms with Crippen LogP contribution in [0.2, 0.25) is 0 Å². The van der Waals surface area contributed by atoms with Crippen molar-refractivity contribution in [3.63, 3.8) is 0 Å². The van der Waals surface area contributed by atoms with Crippen molar-refractivity contribution in [2.24, 2.45) is 0 Å². The summed E-state index contributed by atoms with van der Waals surface area (Å²) in [5.74, 6) is 2.92. The number of nitrogens with one attached hydrogen (secondary N) is 1. The number of H-pyrrole nitrogens is 1. The summed E-state index contributed by atoms with van der Waals surface area (Å²) in [5.41, 5.74) is 0.758. The predicted octanol–water partition coefficient (Wildman–Crippen LogP) is 1.85. The summed E-state index contributed by atoms with van der Waals surface area (Å²) < 4.78 is 10.2. The second-order valence-electron chi connectivity index (χ2n) is 7.09. The van der Waals surface area contributed by atoms with Gasteiger partial charge in [0, 0.05) is 45.9 Å². The zero-order chi connectivity index (χ0) is 19.5. The van der Waals surface area contributed by atoms with Gasteiger partial charge in [0.2, 0.25) is 23.6 Å². The van der Waals surface area contributed by atoms with Gasteiger partial charge in [-0.05, 0) is 18.9 Å². The molecule has 0 saturated carbocycles. The Bertz CT molecular complexity index is 907. The fourth-order valence-electron chi connectivity index (χ4n) is 3.29. The first-order valence-corrected chi connectivity index (χ1v) is 9.32. The molecular weight excluding hydrogens is 362 g/mol. The number of anilines is 1. The Balaban J connectivity index is 1.26. The highest BCUT2D eigenvalue weighted by atomic mass is 16.5. The SMILES string of the molecule is CN(C)c1n[nH]c(C2CCN(C(=O)CCc3nc(-c4ccoc4)no3)CC2)n1. The first kappa shape index (κ1) is 18.2. The lowest BCUT2D eigenvalue weighted by Crippen LogP contribution is -2.38. The Labute approximate surface area is 161 Å². The molecule has 1 aliphatic rings. The van der Waals surface area contributed by atoms with Crippen LogP contribution < -0.4 is 4.90 Å². The number of hydrogen-bond acceptors (Lipinski definition) is 8. The van der Waals surface area contributed by atoms with Crippen LogP contribution in [0.25, 0.3) is 11.4 Å². The lowest BCUT2D eigenvalue weighted by Gasteiger charge is -2.31. The van der Waals surface area contributed by atoms with Crippen molar-refractivity contribution < 1.29 is 13.7 Å². The molecule has 0 radical (unpaired) electrons. The molecule has 4 rings (SSSR count). The van der Waals surface area contributed by atoms with Crippen molar-refractivity contribution in [3.8, 4) is 11.4 Å². The maximum atomic E-state index is 12.5. The summed E-state index contributed by atoms with van der Waals surface area (Å²) in [7, 11) is 3.82. The number of piperidine rings is 1. The van der Waals surface area contributed by atoms with Gasteiger partial charge in [0.25, 0.3) is 0 Å². The zero-order valence-corrected chi connectivity index (χ0v) is 16.0. The van der Waals surface area contributed by atoms with Crippen LogP contribution in [0, 0.1) is 0 Å². The summed E-state index contributed by atoms with van der Waals surface area (Å²) in [6.45, 7) is 1.43. The summed E-state index contributed by atoms with van der Waals surface area (Å²) in [6, 6.07) is 1.76. The van der Waals surface area contributed by atoms with E-state index in [0.717, 1.165) is 24.2 Å². The van der Waals surface area contributed by atoms with E-state index in [1.165, 1.54) is 0 Å². The van der Waals surface area contributed by atoms with Gasteiger partial charge in [0.15, 0.2) is 0 Å². The molecule has 1 fully saturated rings. The largest absolute Gasteiger partial charge is 0.472 e. The van der Waals surface area contributed by atoms with E-state index >= 15 is 0 Å². The number of furan rings is 1. The van der Waals surface area contributed by atoms with Gasteiger partial charge in [-0.15, -0.1) is 5.10 Å². The van der Waals surface area contributed by atoms with Crippen LogP contribution in [-0.2, 0) is 11.2 Å². The Morgan fingerprint density at radius 2 is 2.14 bits per heavy atom. The van der Waals surface area contributed by atoms with Gasteiger partial charge in [-0.3, -0.25) is 9.89 Å². The summed E-state index contributed by atoms with van der Waals surface area (Å²) in [6.07, 6.45) is 5.64. The molecule has 1 N–H and O–H groups in total. The first-order chi connectivity index (χ1) is 13.6. The van der Waals surface area contributed by atoms with Crippen molar-refractivity contribution in [2.75, 3.05) is 32.1 Å². The van der Waals surface area contributed by atoms with Gasteiger partial charge >= 0.3 is 0 Å². The third-order valence-electron chi connectivity index (χ3n) is 4.93. The normalized spacial score (nSPS) is 15.1. The fraction of sp³-hybridized carbons (Fsp3) is 0.500. The first-order valence-electron chi connectivity index (χ1n) is 9.32. The van der Waals surface area contributed by atoms with Crippen LogP contribution >= 0.6 is 0 Å². The monoisotopic (exact) mass is 385 g/mol. The molecule has 1 amide bonds. The predicted molar refractivity (Wildman–Crippen MR) is 99.6 cm³/mol. The molecular formula is C18H23N7O3. The molecule has 1 aliphatic heterocycles. The maximum absolute atomic E-state index is 12.5. The van der Waals surface area contributed by atoms with Crippen LogP contribution in [-0.4, -0.2) is 63.3 Å². The van der Waals surface area contributed by atoms with Gasteiger partial charge in [-0.1, -0.05) is 5.16 Å². The second kappa shape index (κ2) is 7.83. The van der Waals surface area contributed by atoms with Crippen LogP contribution in [0.1, 0.15) is 36.9 Å². The minimum absolute atomic E-state index is 0.105. The molecule has 148 valence electrons. The van der Waals surface area contributed by atoms with E-state index in [9.17, 15) is 4.79 Å². The average Bonchev–Trinajstić information content (AvgIpc) is 3.47. The quantitative estimate of drug-likeness (QED) is 0.683. The average molecular weight is 385 g/mol. The Morgan fingerprint density at radius 1 is 1.32 bits per heavy atom. The Hall–Kier alpha value is -3.17. The van der Waals surface area contributed by atoms with Crippen LogP contribution in [0.4, 0.5) is 5.95 Å². The third-order valence-corrected chi connectivity index (χ3v) is 4.93. The molecule has 3 aromatic heterocycles. The summed E-state index contributed by atoms with van der Waals surface area (Å²) >= 11 is 0. The highest BCUT2D eigenvalue weighted by molar-refractivity contribution is 5.76.